The zero-order chi connectivity index (χ0) is 23.4. The minimum atomic E-state index is -1.70. The molecule has 1 aliphatic rings. The molecule has 1 fully saturated rings. The maximum Gasteiger partial charge on any atom is 0.252 e. The van der Waals surface area contributed by atoms with Crippen LogP contribution in [0.3, 0.4) is 0 Å². The summed E-state index contributed by atoms with van der Waals surface area (Å²) in [6.07, 6.45) is 4.37. The molecule has 3 aromatic rings. The summed E-state index contributed by atoms with van der Waals surface area (Å²) in [5.74, 6) is -0.148. The Balaban J connectivity index is 1.92. The fraction of sp³-hybridized carbons (Fsp3) is 0.292. The van der Waals surface area contributed by atoms with Crippen molar-refractivity contribution in [1.29, 1.82) is 5.26 Å². The van der Waals surface area contributed by atoms with Crippen molar-refractivity contribution in [3.8, 4) is 11.8 Å². The quantitative estimate of drug-likeness (QED) is 0.528. The van der Waals surface area contributed by atoms with E-state index in [-0.39, 0.29) is 29.9 Å². The summed E-state index contributed by atoms with van der Waals surface area (Å²) < 4.78 is 26.1. The van der Waals surface area contributed by atoms with Crippen molar-refractivity contribution >= 4 is 5.91 Å². The summed E-state index contributed by atoms with van der Waals surface area (Å²) in [5.41, 5.74) is -0.321. The van der Waals surface area contributed by atoms with E-state index in [0.717, 1.165) is 12.8 Å². The maximum atomic E-state index is 14.4. The molecule has 8 nitrogen and oxygen atoms in total. The molecular formula is C24H22FN5O3. The Bertz CT molecular complexity index is 1210. The Morgan fingerprint density at radius 2 is 2.09 bits per heavy atom. The second-order valence-electron chi connectivity index (χ2n) is 7.76. The second-order valence-corrected chi connectivity index (χ2v) is 7.76. The average molecular weight is 447 g/mol. The van der Waals surface area contributed by atoms with Crippen LogP contribution in [0.5, 0.6) is 5.75 Å². The highest BCUT2D eigenvalue weighted by molar-refractivity contribution is 5.82. The molecule has 0 aliphatic heterocycles. The molecule has 168 valence electrons. The van der Waals surface area contributed by atoms with Crippen LogP contribution in [0.2, 0.25) is 0 Å². The molecule has 0 saturated heterocycles. The molecule has 4 rings (SSSR count). The van der Waals surface area contributed by atoms with Gasteiger partial charge in [-0.15, -0.1) is 0 Å². The molecule has 1 aliphatic carbocycles. The third-order valence-corrected chi connectivity index (χ3v) is 5.23. The van der Waals surface area contributed by atoms with Gasteiger partial charge in [-0.05, 0) is 44.0 Å². The number of amides is 1. The van der Waals surface area contributed by atoms with Gasteiger partial charge in [0, 0.05) is 24.8 Å². The molecule has 2 aromatic heterocycles. The first kappa shape index (κ1) is 22.3. The highest BCUT2D eigenvalue weighted by Gasteiger charge is 2.44. The third kappa shape index (κ3) is 4.81. The van der Waals surface area contributed by atoms with E-state index in [2.05, 4.69) is 20.3 Å². The molecule has 33 heavy (non-hydrogen) atoms. The first-order valence-electron chi connectivity index (χ1n) is 10.4. The first-order valence-corrected chi connectivity index (χ1v) is 10.4. The summed E-state index contributed by atoms with van der Waals surface area (Å²) in [4.78, 5) is 26.0. The normalized spacial score (nSPS) is 14.7. The van der Waals surface area contributed by atoms with E-state index in [4.69, 9.17) is 9.47 Å². The van der Waals surface area contributed by atoms with Gasteiger partial charge in [0.1, 0.15) is 29.1 Å². The molecular weight excluding hydrogens is 425 g/mol. The molecule has 9 heteroatoms. The number of benzene rings is 1. The lowest BCUT2D eigenvalue weighted by Crippen LogP contribution is -2.52. The summed E-state index contributed by atoms with van der Waals surface area (Å²) >= 11 is 0. The number of rotatable bonds is 8. The highest BCUT2D eigenvalue weighted by Crippen LogP contribution is 2.36. The van der Waals surface area contributed by atoms with E-state index < -0.39 is 11.5 Å². The number of nitrogens with one attached hydrogen (secondary N) is 1. The van der Waals surface area contributed by atoms with Gasteiger partial charge >= 0.3 is 0 Å². The van der Waals surface area contributed by atoms with Gasteiger partial charge < -0.3 is 14.8 Å². The number of ether oxygens (including phenoxy) is 2. The maximum absolute atomic E-state index is 14.4. The zero-order valence-electron chi connectivity index (χ0n) is 18.2. The van der Waals surface area contributed by atoms with Gasteiger partial charge in [0.25, 0.3) is 5.72 Å². The summed E-state index contributed by atoms with van der Waals surface area (Å²) in [6.45, 7) is 1.87. The van der Waals surface area contributed by atoms with Gasteiger partial charge in [0.15, 0.2) is 5.75 Å². The number of hydrogen-bond donors (Lipinski definition) is 1. The Kier molecular flexibility index (Phi) is 6.29. The number of halogens is 1. The van der Waals surface area contributed by atoms with Crippen molar-refractivity contribution in [3.05, 3.63) is 82.9 Å². The van der Waals surface area contributed by atoms with Crippen LogP contribution in [-0.2, 0) is 21.9 Å². The summed E-state index contributed by atoms with van der Waals surface area (Å²) in [6, 6.07) is 10.9. The van der Waals surface area contributed by atoms with E-state index in [0.29, 0.717) is 22.6 Å². The molecule has 1 amide bonds. The van der Waals surface area contributed by atoms with E-state index in [1.807, 2.05) is 6.07 Å². The number of aromatic nitrogens is 3. The topological polar surface area (TPSA) is 110 Å². The highest BCUT2D eigenvalue weighted by atomic mass is 19.1. The molecule has 0 radical (unpaired) electrons. The molecule has 0 bridgehead atoms. The van der Waals surface area contributed by atoms with Crippen molar-refractivity contribution in [2.45, 2.75) is 32.1 Å². The van der Waals surface area contributed by atoms with Gasteiger partial charge in [-0.25, -0.2) is 14.4 Å². The summed E-state index contributed by atoms with van der Waals surface area (Å²) in [5, 5.41) is 12.1. The number of hydrogen-bond acceptors (Lipinski definition) is 7. The lowest BCUT2D eigenvalue weighted by Gasteiger charge is -2.35. The Labute approximate surface area is 190 Å². The molecule has 0 spiro atoms. The van der Waals surface area contributed by atoms with E-state index >= 15 is 0 Å². The SMILES string of the molecule is COCc1nc(C)ncc1OC(NC(=O)C1CC1)(c1cccc(F)c1)c1ccc(C#N)cn1. The average Bonchev–Trinajstić information content (AvgIpc) is 3.66. The van der Waals surface area contributed by atoms with Crippen LogP contribution in [0.15, 0.2) is 48.8 Å². The van der Waals surface area contributed by atoms with Crippen molar-refractivity contribution in [3.63, 3.8) is 0 Å². The van der Waals surface area contributed by atoms with Crippen molar-refractivity contribution in [2.75, 3.05) is 7.11 Å². The van der Waals surface area contributed by atoms with Crippen molar-refractivity contribution in [1.82, 2.24) is 20.3 Å². The molecule has 2 heterocycles. The van der Waals surface area contributed by atoms with Crippen LogP contribution < -0.4 is 10.1 Å². The van der Waals surface area contributed by atoms with Crippen LogP contribution in [0.25, 0.3) is 0 Å². The number of nitriles is 1. The largest absolute Gasteiger partial charge is 0.454 e. The van der Waals surface area contributed by atoms with Gasteiger partial charge in [-0.2, -0.15) is 5.26 Å². The molecule has 1 saturated carbocycles. The predicted molar refractivity (Wildman–Crippen MR) is 115 cm³/mol. The van der Waals surface area contributed by atoms with Crippen LogP contribution in [-0.4, -0.2) is 28.0 Å². The lowest BCUT2D eigenvalue weighted by atomic mass is 9.96. The van der Waals surface area contributed by atoms with E-state index in [9.17, 15) is 14.4 Å². The minimum absolute atomic E-state index is 0.134. The van der Waals surface area contributed by atoms with Crippen LogP contribution in [0.1, 0.15) is 41.2 Å². The van der Waals surface area contributed by atoms with Crippen molar-refractivity contribution in [2.24, 2.45) is 5.92 Å². The Morgan fingerprint density at radius 3 is 2.73 bits per heavy atom. The van der Waals surface area contributed by atoms with Crippen LogP contribution in [0.4, 0.5) is 4.39 Å². The Morgan fingerprint density at radius 1 is 1.27 bits per heavy atom. The van der Waals surface area contributed by atoms with Gasteiger partial charge in [0.05, 0.1) is 18.4 Å². The smallest absolute Gasteiger partial charge is 0.252 e. The Hall–Kier alpha value is -3.90. The van der Waals surface area contributed by atoms with Crippen molar-refractivity contribution < 1.29 is 18.7 Å². The molecule has 1 aromatic carbocycles. The van der Waals surface area contributed by atoms with Gasteiger partial charge in [0.2, 0.25) is 5.91 Å². The zero-order valence-corrected chi connectivity index (χ0v) is 18.2. The van der Waals surface area contributed by atoms with E-state index in [1.54, 1.807) is 25.1 Å². The van der Waals surface area contributed by atoms with E-state index in [1.165, 1.54) is 37.7 Å². The number of aryl methyl sites for hydroxylation is 1. The second kappa shape index (κ2) is 9.30. The monoisotopic (exact) mass is 447 g/mol. The summed E-state index contributed by atoms with van der Waals surface area (Å²) in [7, 11) is 1.53. The number of methoxy groups -OCH3 is 1. The molecule has 1 N–H and O–H groups in total. The predicted octanol–water partition coefficient (Wildman–Crippen LogP) is 3.14. The number of pyridine rings is 1. The van der Waals surface area contributed by atoms with Crippen LogP contribution >= 0.6 is 0 Å². The third-order valence-electron chi connectivity index (χ3n) is 5.23. The minimum Gasteiger partial charge on any atom is -0.454 e. The molecule has 1 unspecified atom stereocenters. The van der Waals surface area contributed by atoms with Crippen LogP contribution in [0, 0.1) is 30.0 Å². The lowest BCUT2D eigenvalue weighted by molar-refractivity contribution is -0.127. The number of nitrogens with zero attached hydrogens (tertiary/aromatic N) is 4. The number of carbonyl (C=O) groups excluding carboxylic acids is 1. The fourth-order valence-electron chi connectivity index (χ4n) is 3.41. The first-order chi connectivity index (χ1) is 15.9. The standard InChI is InChI=1S/C24H22FN5O3/c1-15-27-13-21(20(29-15)14-32-2)33-24(30-23(31)17-7-8-17,18-4-3-5-19(25)10-18)22-9-6-16(11-26)12-28-22/h3-6,9-10,12-13,17H,7-8,14H2,1-2H3,(H,30,31). The van der Waals surface area contributed by atoms with Gasteiger partial charge in [-0.3, -0.25) is 9.78 Å². The number of carbonyl (C=O) groups is 1. The molecule has 1 atom stereocenters. The fourth-order valence-corrected chi connectivity index (χ4v) is 3.41. The van der Waals surface area contributed by atoms with Gasteiger partial charge in [-0.1, -0.05) is 12.1 Å².